The maximum atomic E-state index is 13.2. The minimum Gasteiger partial charge on any atom is -0.457 e. The van der Waals surface area contributed by atoms with Crippen LogP contribution in [0.1, 0.15) is 15.9 Å². The Labute approximate surface area is 129 Å². The summed E-state index contributed by atoms with van der Waals surface area (Å²) >= 11 is 0. The molecule has 0 fully saturated rings. The van der Waals surface area contributed by atoms with E-state index in [2.05, 4.69) is 4.99 Å². The quantitative estimate of drug-likeness (QED) is 0.671. The highest BCUT2D eigenvalue weighted by molar-refractivity contribution is 6.02. The zero-order valence-corrected chi connectivity index (χ0v) is 11.7. The van der Waals surface area contributed by atoms with Crippen molar-refractivity contribution in [1.82, 2.24) is 0 Å². The Hall–Kier alpha value is -3.03. The largest absolute Gasteiger partial charge is 0.457 e. The second kappa shape index (κ2) is 6.39. The highest BCUT2D eigenvalue weighted by Gasteiger charge is 2.35. The predicted molar refractivity (Wildman–Crippen MR) is 78.1 cm³/mol. The standard InChI is InChI=1S/C15H12F3N3O2/c16-15(17,18)11-8-9(13(22)21-14(19)20)6-7-12(11)23-10-4-2-1-3-5-10/h1-8H,(H4,19,20,21,22). The molecule has 4 N–H and O–H groups in total. The summed E-state index contributed by atoms with van der Waals surface area (Å²) in [5.74, 6) is -1.69. The van der Waals surface area contributed by atoms with E-state index in [0.717, 1.165) is 12.1 Å². The number of rotatable bonds is 3. The Kier molecular flexibility index (Phi) is 4.54. The molecule has 0 unspecified atom stereocenters. The van der Waals surface area contributed by atoms with Crippen LogP contribution in [-0.4, -0.2) is 11.9 Å². The van der Waals surface area contributed by atoms with Crippen LogP contribution >= 0.6 is 0 Å². The number of aliphatic imine (C=N–C) groups is 1. The number of hydrogen-bond acceptors (Lipinski definition) is 2. The fraction of sp³-hybridized carbons (Fsp3) is 0.0667. The van der Waals surface area contributed by atoms with Crippen LogP contribution in [-0.2, 0) is 6.18 Å². The molecule has 0 atom stereocenters. The second-order valence-corrected chi connectivity index (χ2v) is 4.47. The molecule has 0 aliphatic heterocycles. The minimum absolute atomic E-state index is 0.237. The average Bonchev–Trinajstić information content (AvgIpc) is 2.46. The van der Waals surface area contributed by atoms with Crippen molar-refractivity contribution >= 4 is 11.9 Å². The molecule has 5 nitrogen and oxygen atoms in total. The van der Waals surface area contributed by atoms with E-state index in [9.17, 15) is 18.0 Å². The first-order valence-corrected chi connectivity index (χ1v) is 6.35. The Balaban J connectivity index is 2.44. The van der Waals surface area contributed by atoms with E-state index in [0.29, 0.717) is 6.07 Å². The lowest BCUT2D eigenvalue weighted by molar-refractivity contribution is -0.138. The zero-order chi connectivity index (χ0) is 17.0. The summed E-state index contributed by atoms with van der Waals surface area (Å²) < 4.78 is 44.8. The maximum absolute atomic E-state index is 13.2. The number of carbonyl (C=O) groups is 1. The van der Waals surface area contributed by atoms with Crippen molar-refractivity contribution in [3.8, 4) is 11.5 Å². The van der Waals surface area contributed by atoms with Crippen LogP contribution in [0.2, 0.25) is 0 Å². The normalized spacial score (nSPS) is 10.9. The van der Waals surface area contributed by atoms with Crippen LogP contribution in [0.15, 0.2) is 53.5 Å². The van der Waals surface area contributed by atoms with Gasteiger partial charge in [-0.15, -0.1) is 0 Å². The van der Waals surface area contributed by atoms with Gasteiger partial charge in [0.2, 0.25) is 0 Å². The van der Waals surface area contributed by atoms with Crippen molar-refractivity contribution in [1.29, 1.82) is 0 Å². The molecule has 0 heterocycles. The monoisotopic (exact) mass is 323 g/mol. The number of amides is 1. The first kappa shape index (κ1) is 16.3. The number of nitrogens with zero attached hydrogens (tertiary/aromatic N) is 1. The Morgan fingerprint density at radius 3 is 2.26 bits per heavy atom. The van der Waals surface area contributed by atoms with E-state index in [1.54, 1.807) is 18.2 Å². The molecule has 0 aliphatic carbocycles. The summed E-state index contributed by atoms with van der Waals surface area (Å²) in [6.45, 7) is 0. The van der Waals surface area contributed by atoms with Crippen LogP contribution in [0.5, 0.6) is 11.5 Å². The van der Waals surface area contributed by atoms with Gasteiger partial charge in [-0.25, -0.2) is 0 Å². The molecule has 0 saturated heterocycles. The Morgan fingerprint density at radius 2 is 1.70 bits per heavy atom. The smallest absolute Gasteiger partial charge is 0.420 e. The van der Waals surface area contributed by atoms with Gasteiger partial charge in [0.05, 0.1) is 5.56 Å². The molecule has 0 aliphatic rings. The number of ether oxygens (including phenoxy) is 1. The summed E-state index contributed by atoms with van der Waals surface area (Å²) in [7, 11) is 0. The van der Waals surface area contributed by atoms with Gasteiger partial charge in [-0.05, 0) is 30.3 Å². The third kappa shape index (κ3) is 4.22. The van der Waals surface area contributed by atoms with Gasteiger partial charge in [0.15, 0.2) is 5.96 Å². The summed E-state index contributed by atoms with van der Waals surface area (Å²) in [6.07, 6.45) is -4.71. The molecule has 120 valence electrons. The predicted octanol–water partition coefficient (Wildman–Crippen LogP) is 2.91. The molecule has 23 heavy (non-hydrogen) atoms. The zero-order valence-electron chi connectivity index (χ0n) is 11.7. The molecule has 0 radical (unpaired) electrons. The lowest BCUT2D eigenvalue weighted by Crippen LogP contribution is -2.24. The van der Waals surface area contributed by atoms with Crippen molar-refractivity contribution < 1.29 is 22.7 Å². The van der Waals surface area contributed by atoms with E-state index in [1.807, 2.05) is 0 Å². The maximum Gasteiger partial charge on any atom is 0.420 e. The molecule has 2 aromatic rings. The van der Waals surface area contributed by atoms with E-state index in [1.165, 1.54) is 12.1 Å². The molecular weight excluding hydrogens is 311 g/mol. The molecule has 8 heteroatoms. The van der Waals surface area contributed by atoms with Crippen LogP contribution < -0.4 is 16.2 Å². The van der Waals surface area contributed by atoms with E-state index >= 15 is 0 Å². The molecule has 2 rings (SSSR count). The SMILES string of the molecule is NC(N)=NC(=O)c1ccc(Oc2ccccc2)c(C(F)(F)F)c1. The van der Waals surface area contributed by atoms with Crippen molar-refractivity contribution in [3.63, 3.8) is 0 Å². The number of alkyl halides is 3. The van der Waals surface area contributed by atoms with Gasteiger partial charge in [0.25, 0.3) is 5.91 Å². The van der Waals surface area contributed by atoms with Gasteiger partial charge >= 0.3 is 6.18 Å². The lowest BCUT2D eigenvalue weighted by atomic mass is 10.1. The van der Waals surface area contributed by atoms with Crippen molar-refractivity contribution in [2.75, 3.05) is 0 Å². The number of halogens is 3. The summed E-state index contributed by atoms with van der Waals surface area (Å²) in [6, 6.07) is 10.8. The van der Waals surface area contributed by atoms with Gasteiger partial charge < -0.3 is 16.2 Å². The fourth-order valence-electron chi connectivity index (χ4n) is 1.77. The molecule has 0 spiro atoms. The van der Waals surface area contributed by atoms with Gasteiger partial charge in [-0.1, -0.05) is 18.2 Å². The number of nitrogens with two attached hydrogens (primary N) is 2. The van der Waals surface area contributed by atoms with E-state index in [-0.39, 0.29) is 11.3 Å². The van der Waals surface area contributed by atoms with Crippen LogP contribution in [0.25, 0.3) is 0 Å². The average molecular weight is 323 g/mol. The van der Waals surface area contributed by atoms with E-state index in [4.69, 9.17) is 16.2 Å². The molecule has 2 aromatic carbocycles. The topological polar surface area (TPSA) is 90.7 Å². The number of benzene rings is 2. The van der Waals surface area contributed by atoms with E-state index < -0.39 is 29.4 Å². The van der Waals surface area contributed by atoms with Crippen LogP contribution in [0.3, 0.4) is 0 Å². The fourth-order valence-corrected chi connectivity index (χ4v) is 1.77. The van der Waals surface area contributed by atoms with Crippen molar-refractivity contribution in [2.24, 2.45) is 16.5 Å². The molecule has 0 aromatic heterocycles. The van der Waals surface area contributed by atoms with Gasteiger partial charge in [0.1, 0.15) is 11.5 Å². The number of para-hydroxylation sites is 1. The van der Waals surface area contributed by atoms with Crippen molar-refractivity contribution in [3.05, 3.63) is 59.7 Å². The third-order valence-corrected chi connectivity index (χ3v) is 2.73. The number of hydrogen-bond donors (Lipinski definition) is 2. The first-order chi connectivity index (χ1) is 10.8. The summed E-state index contributed by atoms with van der Waals surface area (Å²) in [5.41, 5.74) is 8.69. The van der Waals surface area contributed by atoms with Crippen LogP contribution in [0, 0.1) is 0 Å². The second-order valence-electron chi connectivity index (χ2n) is 4.47. The van der Waals surface area contributed by atoms with Gasteiger partial charge in [0, 0.05) is 5.56 Å². The number of carbonyl (C=O) groups excluding carboxylic acids is 1. The minimum atomic E-state index is -4.71. The Bertz CT molecular complexity index is 739. The summed E-state index contributed by atoms with van der Waals surface area (Å²) in [5, 5.41) is 0. The Morgan fingerprint density at radius 1 is 1.04 bits per heavy atom. The molecule has 0 bridgehead atoms. The van der Waals surface area contributed by atoms with Crippen molar-refractivity contribution in [2.45, 2.75) is 6.18 Å². The third-order valence-electron chi connectivity index (χ3n) is 2.73. The molecule has 0 saturated carbocycles. The number of guanidine groups is 1. The summed E-state index contributed by atoms with van der Waals surface area (Å²) in [4.78, 5) is 14.9. The molecule has 1 amide bonds. The highest BCUT2D eigenvalue weighted by atomic mass is 19.4. The van der Waals surface area contributed by atoms with Gasteiger partial charge in [-0.2, -0.15) is 18.2 Å². The lowest BCUT2D eigenvalue weighted by Gasteiger charge is -2.14. The molecular formula is C15H12F3N3O2. The highest BCUT2D eigenvalue weighted by Crippen LogP contribution is 2.38. The van der Waals surface area contributed by atoms with Gasteiger partial charge in [-0.3, -0.25) is 4.79 Å². The van der Waals surface area contributed by atoms with Crippen LogP contribution in [0.4, 0.5) is 13.2 Å². The first-order valence-electron chi connectivity index (χ1n) is 6.35.